The predicted octanol–water partition coefficient (Wildman–Crippen LogP) is 4.78. The number of halogens is 1. The average molecular weight is 308 g/mol. The van der Waals surface area contributed by atoms with Gasteiger partial charge in [0.1, 0.15) is 0 Å². The van der Waals surface area contributed by atoms with Crippen LogP contribution in [0.3, 0.4) is 0 Å². The lowest BCUT2D eigenvalue weighted by atomic mass is 9.99. The molecule has 0 radical (unpaired) electrons. The zero-order chi connectivity index (χ0) is 14.5. The van der Waals surface area contributed by atoms with Crippen LogP contribution in [-0.2, 0) is 12.8 Å². The highest BCUT2D eigenvalue weighted by Crippen LogP contribution is 2.23. The van der Waals surface area contributed by atoms with Gasteiger partial charge < -0.3 is 5.32 Å². The molecular formula is C17H22ClNS. The molecule has 0 saturated heterocycles. The van der Waals surface area contributed by atoms with Gasteiger partial charge in [0.25, 0.3) is 0 Å². The van der Waals surface area contributed by atoms with Gasteiger partial charge in [0.15, 0.2) is 0 Å². The van der Waals surface area contributed by atoms with Crippen molar-refractivity contribution in [3.8, 4) is 0 Å². The summed E-state index contributed by atoms with van der Waals surface area (Å²) in [7, 11) is 0. The van der Waals surface area contributed by atoms with Gasteiger partial charge in [-0.15, -0.1) is 11.3 Å². The maximum Gasteiger partial charge on any atom is 0.0931 e. The lowest BCUT2D eigenvalue weighted by molar-refractivity contribution is 0.524. The van der Waals surface area contributed by atoms with Crippen LogP contribution in [0.1, 0.15) is 28.5 Å². The summed E-state index contributed by atoms with van der Waals surface area (Å²) < 4.78 is 0.876. The molecule has 108 valence electrons. The molecule has 1 N–H and O–H groups in total. The maximum atomic E-state index is 6.02. The molecule has 3 heteroatoms. The molecule has 1 nitrogen and oxygen atoms in total. The molecule has 0 saturated carbocycles. The van der Waals surface area contributed by atoms with Crippen LogP contribution in [0.5, 0.6) is 0 Å². The van der Waals surface area contributed by atoms with Crippen molar-refractivity contribution >= 4 is 22.9 Å². The van der Waals surface area contributed by atoms with E-state index in [1.165, 1.54) is 21.6 Å². The minimum atomic E-state index is 0.469. The summed E-state index contributed by atoms with van der Waals surface area (Å²) in [6, 6.07) is 11.4. The van der Waals surface area contributed by atoms with E-state index < -0.39 is 0 Å². The highest BCUT2D eigenvalue weighted by Gasteiger charge is 2.11. The molecule has 0 aliphatic rings. The Labute approximate surface area is 131 Å². The van der Waals surface area contributed by atoms with E-state index in [1.807, 2.05) is 6.07 Å². The molecule has 0 aliphatic heterocycles. The van der Waals surface area contributed by atoms with Gasteiger partial charge in [0, 0.05) is 10.9 Å². The molecule has 0 spiro atoms. The first-order valence-corrected chi connectivity index (χ1v) is 8.31. The smallest absolute Gasteiger partial charge is 0.0931 e. The quantitative estimate of drug-likeness (QED) is 0.809. The van der Waals surface area contributed by atoms with E-state index >= 15 is 0 Å². The van der Waals surface area contributed by atoms with Crippen molar-refractivity contribution in [3.05, 3.63) is 56.2 Å². The van der Waals surface area contributed by atoms with Gasteiger partial charge in [-0.25, -0.2) is 0 Å². The number of benzene rings is 1. The highest BCUT2D eigenvalue weighted by molar-refractivity contribution is 7.16. The highest BCUT2D eigenvalue weighted by atomic mass is 35.5. The second-order valence-corrected chi connectivity index (χ2v) is 7.09. The van der Waals surface area contributed by atoms with E-state index in [1.54, 1.807) is 11.3 Å². The molecular weight excluding hydrogens is 286 g/mol. The molecule has 0 amide bonds. The van der Waals surface area contributed by atoms with Gasteiger partial charge in [0.05, 0.1) is 4.34 Å². The maximum absolute atomic E-state index is 6.02. The van der Waals surface area contributed by atoms with Crippen molar-refractivity contribution < 1.29 is 0 Å². The Kier molecular flexibility index (Phi) is 5.64. The second-order valence-electron chi connectivity index (χ2n) is 5.29. The first-order valence-electron chi connectivity index (χ1n) is 7.12. The molecule has 0 bridgehead atoms. The molecule has 1 atom stereocenters. The van der Waals surface area contributed by atoms with Crippen molar-refractivity contribution in [1.29, 1.82) is 0 Å². The van der Waals surface area contributed by atoms with Gasteiger partial charge in [-0.3, -0.25) is 0 Å². The Morgan fingerprint density at radius 1 is 1.10 bits per heavy atom. The summed E-state index contributed by atoms with van der Waals surface area (Å²) in [5, 5.41) is 3.59. The molecule has 2 rings (SSSR count). The summed E-state index contributed by atoms with van der Waals surface area (Å²) in [6.45, 7) is 7.50. The predicted molar refractivity (Wildman–Crippen MR) is 90.1 cm³/mol. The van der Waals surface area contributed by atoms with E-state index in [9.17, 15) is 0 Å². The molecule has 20 heavy (non-hydrogen) atoms. The normalized spacial score (nSPS) is 12.6. The summed E-state index contributed by atoms with van der Waals surface area (Å²) in [4.78, 5) is 1.35. The Hall–Kier alpha value is -0.830. The zero-order valence-corrected chi connectivity index (χ0v) is 13.9. The molecule has 1 aromatic carbocycles. The Balaban J connectivity index is 2.06. The van der Waals surface area contributed by atoms with E-state index in [0.717, 1.165) is 23.7 Å². The van der Waals surface area contributed by atoms with Crippen LogP contribution < -0.4 is 5.32 Å². The Morgan fingerprint density at radius 3 is 2.50 bits per heavy atom. The standard InChI is InChI=1S/C17H22ClNS/c1-4-19-15(11-16-7-8-17(18)20-16)10-14-6-5-12(2)13(3)9-14/h5-9,15,19H,4,10-11H2,1-3H3. The minimum absolute atomic E-state index is 0.469. The number of hydrogen-bond acceptors (Lipinski definition) is 2. The second kappa shape index (κ2) is 7.26. The average Bonchev–Trinajstić information content (AvgIpc) is 2.80. The minimum Gasteiger partial charge on any atom is -0.314 e. The topological polar surface area (TPSA) is 12.0 Å². The van der Waals surface area contributed by atoms with Gasteiger partial charge in [-0.2, -0.15) is 0 Å². The van der Waals surface area contributed by atoms with Crippen LogP contribution in [0.25, 0.3) is 0 Å². The first-order chi connectivity index (χ1) is 9.58. The first kappa shape index (κ1) is 15.6. The van der Waals surface area contributed by atoms with Crippen LogP contribution in [-0.4, -0.2) is 12.6 Å². The van der Waals surface area contributed by atoms with Crippen molar-refractivity contribution in [1.82, 2.24) is 5.32 Å². The van der Waals surface area contributed by atoms with E-state index in [0.29, 0.717) is 6.04 Å². The molecule has 0 aliphatic carbocycles. The van der Waals surface area contributed by atoms with E-state index in [4.69, 9.17) is 11.6 Å². The SMILES string of the molecule is CCNC(Cc1ccc(C)c(C)c1)Cc1ccc(Cl)s1. The summed E-state index contributed by atoms with van der Waals surface area (Å²) >= 11 is 7.70. The van der Waals surface area contributed by atoms with Crippen molar-refractivity contribution in [3.63, 3.8) is 0 Å². The third kappa shape index (κ3) is 4.34. The van der Waals surface area contributed by atoms with Crippen molar-refractivity contribution in [2.75, 3.05) is 6.54 Å². The van der Waals surface area contributed by atoms with E-state index in [2.05, 4.69) is 50.4 Å². The van der Waals surface area contributed by atoms with Crippen LogP contribution in [0.2, 0.25) is 4.34 Å². The third-order valence-corrected chi connectivity index (χ3v) is 4.88. The van der Waals surface area contributed by atoms with Crippen LogP contribution in [0, 0.1) is 13.8 Å². The number of likely N-dealkylation sites (N-methyl/N-ethyl adjacent to an activating group) is 1. The Morgan fingerprint density at radius 2 is 1.90 bits per heavy atom. The van der Waals surface area contributed by atoms with Gasteiger partial charge in [-0.05, 0) is 62.1 Å². The molecule has 1 aromatic heterocycles. The number of hydrogen-bond donors (Lipinski definition) is 1. The number of thiophene rings is 1. The van der Waals surface area contributed by atoms with Gasteiger partial charge in [-0.1, -0.05) is 36.7 Å². The van der Waals surface area contributed by atoms with Crippen LogP contribution in [0.15, 0.2) is 30.3 Å². The molecule has 2 aromatic rings. The Bertz CT molecular complexity index is 562. The van der Waals surface area contributed by atoms with Crippen molar-refractivity contribution in [2.45, 2.75) is 39.7 Å². The lowest BCUT2D eigenvalue weighted by Crippen LogP contribution is -2.32. The summed E-state index contributed by atoms with van der Waals surface area (Å²) in [5.74, 6) is 0. The zero-order valence-electron chi connectivity index (χ0n) is 12.4. The fourth-order valence-electron chi connectivity index (χ4n) is 2.42. The van der Waals surface area contributed by atoms with Crippen LogP contribution >= 0.6 is 22.9 Å². The summed E-state index contributed by atoms with van der Waals surface area (Å²) in [6.07, 6.45) is 2.10. The largest absolute Gasteiger partial charge is 0.314 e. The summed E-state index contributed by atoms with van der Waals surface area (Å²) in [5.41, 5.74) is 4.14. The third-order valence-electron chi connectivity index (χ3n) is 3.62. The van der Waals surface area contributed by atoms with Crippen molar-refractivity contribution in [2.24, 2.45) is 0 Å². The van der Waals surface area contributed by atoms with Gasteiger partial charge >= 0.3 is 0 Å². The molecule has 0 fully saturated rings. The van der Waals surface area contributed by atoms with E-state index in [-0.39, 0.29) is 0 Å². The fraction of sp³-hybridized carbons (Fsp3) is 0.412. The van der Waals surface area contributed by atoms with Gasteiger partial charge in [0.2, 0.25) is 0 Å². The number of aryl methyl sites for hydroxylation is 2. The molecule has 1 unspecified atom stereocenters. The van der Waals surface area contributed by atoms with Crippen LogP contribution in [0.4, 0.5) is 0 Å². The molecule has 1 heterocycles. The number of nitrogens with one attached hydrogen (secondary N) is 1. The monoisotopic (exact) mass is 307 g/mol. The number of rotatable bonds is 6. The fourth-order valence-corrected chi connectivity index (χ4v) is 3.59. The lowest BCUT2D eigenvalue weighted by Gasteiger charge is -2.18.